The fourth-order valence-electron chi connectivity index (χ4n) is 1.62. The maximum Gasteiger partial charge on any atom is 0.145 e. The molecule has 0 heterocycles. The van der Waals surface area contributed by atoms with Crippen molar-refractivity contribution in [2.75, 3.05) is 17.9 Å². The molecule has 0 saturated carbocycles. The molecule has 4 heteroatoms. The molecule has 15 heavy (non-hydrogen) atoms. The topological polar surface area (TPSA) is 21.3 Å². The Morgan fingerprint density at radius 2 is 1.73 bits per heavy atom. The summed E-state index contributed by atoms with van der Waals surface area (Å²) in [5.74, 6) is 0.924. The van der Waals surface area contributed by atoms with Gasteiger partial charge < -0.3 is 10.1 Å². The summed E-state index contributed by atoms with van der Waals surface area (Å²) in [6, 6.07) is 0. The van der Waals surface area contributed by atoms with Gasteiger partial charge in [0.25, 0.3) is 0 Å². The zero-order valence-corrected chi connectivity index (χ0v) is 12.5. The third-order valence-corrected chi connectivity index (χ3v) is 4.08. The Kier molecular flexibility index (Phi) is 4.46. The quantitative estimate of drug-likeness (QED) is 0.661. The van der Waals surface area contributed by atoms with Gasteiger partial charge >= 0.3 is 0 Å². The molecule has 84 valence electrons. The van der Waals surface area contributed by atoms with Gasteiger partial charge in [0, 0.05) is 4.47 Å². The van der Waals surface area contributed by atoms with Crippen molar-refractivity contribution in [1.29, 1.82) is 0 Å². The molecule has 0 aliphatic heterocycles. The number of hydrogen-bond donors (Lipinski definition) is 1. The number of benzene rings is 1. The molecule has 0 bridgehead atoms. The molecule has 1 aromatic carbocycles. The van der Waals surface area contributed by atoms with E-state index >= 15 is 0 Å². The number of methoxy groups -OCH3 is 1. The first-order chi connectivity index (χ1) is 7.04. The zero-order valence-electron chi connectivity index (χ0n) is 9.37. The summed E-state index contributed by atoms with van der Waals surface area (Å²) in [4.78, 5) is 0. The molecule has 0 aliphatic carbocycles. The first kappa shape index (κ1) is 12.8. The van der Waals surface area contributed by atoms with Crippen LogP contribution >= 0.6 is 31.9 Å². The maximum atomic E-state index is 5.44. The molecular weight excluding hydrogens is 322 g/mol. The van der Waals surface area contributed by atoms with Gasteiger partial charge in [0.2, 0.25) is 0 Å². The fourth-order valence-corrected chi connectivity index (χ4v) is 2.39. The van der Waals surface area contributed by atoms with E-state index in [1.165, 1.54) is 16.7 Å². The van der Waals surface area contributed by atoms with Crippen LogP contribution in [0.4, 0.5) is 5.69 Å². The molecular formula is C11H15Br2NO. The number of halogens is 2. The Bertz CT molecular complexity index is 378. The lowest BCUT2D eigenvalue weighted by Crippen LogP contribution is -2.04. The van der Waals surface area contributed by atoms with Crippen LogP contribution in [0.1, 0.15) is 16.7 Å². The highest BCUT2D eigenvalue weighted by molar-refractivity contribution is 9.10. The van der Waals surface area contributed by atoms with E-state index in [0.717, 1.165) is 15.9 Å². The van der Waals surface area contributed by atoms with E-state index in [2.05, 4.69) is 57.9 Å². The molecule has 0 atom stereocenters. The minimum atomic E-state index is 0.707. The minimum Gasteiger partial charge on any atom is -0.494 e. The number of anilines is 1. The second-order valence-electron chi connectivity index (χ2n) is 3.41. The van der Waals surface area contributed by atoms with E-state index in [1.54, 1.807) is 7.11 Å². The van der Waals surface area contributed by atoms with Gasteiger partial charge in [0.15, 0.2) is 0 Å². The van der Waals surface area contributed by atoms with Crippen molar-refractivity contribution in [3.05, 3.63) is 21.2 Å². The summed E-state index contributed by atoms with van der Waals surface area (Å²) >= 11 is 6.97. The Hall–Kier alpha value is -0.220. The Balaban J connectivity index is 3.47. The minimum absolute atomic E-state index is 0.707. The van der Waals surface area contributed by atoms with Crippen LogP contribution in [0.5, 0.6) is 5.75 Å². The van der Waals surface area contributed by atoms with E-state index in [-0.39, 0.29) is 0 Å². The Morgan fingerprint density at radius 3 is 2.20 bits per heavy atom. The Labute approximate surface area is 108 Å². The molecule has 0 spiro atoms. The molecule has 0 aromatic heterocycles. The normalized spacial score (nSPS) is 10.3. The number of hydrogen-bond acceptors (Lipinski definition) is 2. The van der Waals surface area contributed by atoms with Crippen LogP contribution in [0, 0.1) is 20.8 Å². The van der Waals surface area contributed by atoms with E-state index in [4.69, 9.17) is 4.74 Å². The van der Waals surface area contributed by atoms with Gasteiger partial charge in [-0.15, -0.1) is 0 Å². The van der Waals surface area contributed by atoms with Crippen LogP contribution in [0.15, 0.2) is 4.47 Å². The summed E-state index contributed by atoms with van der Waals surface area (Å²) in [6.45, 7) is 6.23. The smallest absolute Gasteiger partial charge is 0.145 e. The van der Waals surface area contributed by atoms with E-state index < -0.39 is 0 Å². The van der Waals surface area contributed by atoms with Crippen LogP contribution in [0.2, 0.25) is 0 Å². The molecule has 0 saturated heterocycles. The molecule has 1 N–H and O–H groups in total. The molecule has 0 radical (unpaired) electrons. The SMILES string of the molecule is COc1c(C)c(C)c(Br)c(C)c1NCBr. The predicted octanol–water partition coefficient (Wildman–Crippen LogP) is 4.15. The number of alkyl halides is 1. The summed E-state index contributed by atoms with van der Waals surface area (Å²) in [5.41, 5.74) is 5.32. The lowest BCUT2D eigenvalue weighted by Gasteiger charge is -2.18. The second kappa shape index (κ2) is 5.21. The molecule has 1 rings (SSSR count). The Morgan fingerprint density at radius 1 is 1.13 bits per heavy atom. The third-order valence-electron chi connectivity index (χ3n) is 2.61. The third kappa shape index (κ3) is 2.31. The number of rotatable bonds is 3. The monoisotopic (exact) mass is 335 g/mol. The van der Waals surface area contributed by atoms with Crippen molar-refractivity contribution in [3.8, 4) is 5.75 Å². The van der Waals surface area contributed by atoms with Gasteiger partial charge in [0.1, 0.15) is 5.75 Å². The van der Waals surface area contributed by atoms with E-state index in [1.807, 2.05) is 0 Å². The molecule has 0 fully saturated rings. The van der Waals surface area contributed by atoms with Crippen LogP contribution < -0.4 is 10.1 Å². The lowest BCUT2D eigenvalue weighted by atomic mass is 10.0. The standard InChI is InChI=1S/C11H15Br2NO/c1-6-7(2)11(15-4)10(14-5-12)8(3)9(6)13/h14H,5H2,1-4H3. The van der Waals surface area contributed by atoms with E-state index in [9.17, 15) is 0 Å². The van der Waals surface area contributed by atoms with Gasteiger partial charge in [-0.2, -0.15) is 0 Å². The van der Waals surface area contributed by atoms with Crippen LogP contribution in [0.25, 0.3) is 0 Å². The summed E-state index contributed by atoms with van der Waals surface area (Å²) in [6.07, 6.45) is 0. The van der Waals surface area contributed by atoms with Crippen molar-refractivity contribution in [1.82, 2.24) is 0 Å². The zero-order chi connectivity index (χ0) is 11.6. The first-order valence-electron chi connectivity index (χ1n) is 4.67. The molecule has 1 aromatic rings. The van der Waals surface area contributed by atoms with Crippen molar-refractivity contribution in [2.45, 2.75) is 20.8 Å². The highest BCUT2D eigenvalue weighted by atomic mass is 79.9. The lowest BCUT2D eigenvalue weighted by molar-refractivity contribution is 0.413. The molecule has 0 unspecified atom stereocenters. The average molecular weight is 337 g/mol. The van der Waals surface area contributed by atoms with Crippen LogP contribution in [-0.2, 0) is 0 Å². The van der Waals surface area contributed by atoms with Gasteiger partial charge in [0.05, 0.1) is 18.3 Å². The largest absolute Gasteiger partial charge is 0.494 e. The van der Waals surface area contributed by atoms with Gasteiger partial charge in [-0.05, 0) is 37.5 Å². The molecule has 2 nitrogen and oxygen atoms in total. The number of ether oxygens (including phenoxy) is 1. The van der Waals surface area contributed by atoms with Crippen molar-refractivity contribution in [2.24, 2.45) is 0 Å². The predicted molar refractivity (Wildman–Crippen MR) is 72.3 cm³/mol. The summed E-state index contributed by atoms with van der Waals surface area (Å²) in [7, 11) is 1.70. The van der Waals surface area contributed by atoms with E-state index in [0.29, 0.717) is 5.45 Å². The maximum absolute atomic E-state index is 5.44. The number of nitrogens with one attached hydrogen (secondary N) is 1. The summed E-state index contributed by atoms with van der Waals surface area (Å²) < 4.78 is 6.58. The first-order valence-corrected chi connectivity index (χ1v) is 6.59. The van der Waals surface area contributed by atoms with Gasteiger partial charge in [-0.1, -0.05) is 31.9 Å². The average Bonchev–Trinajstić information content (AvgIpc) is 2.24. The fraction of sp³-hybridized carbons (Fsp3) is 0.455. The molecule has 0 amide bonds. The summed E-state index contributed by atoms with van der Waals surface area (Å²) in [5, 5.41) is 3.27. The van der Waals surface area contributed by atoms with Crippen LogP contribution in [0.3, 0.4) is 0 Å². The van der Waals surface area contributed by atoms with Gasteiger partial charge in [-0.3, -0.25) is 0 Å². The highest BCUT2D eigenvalue weighted by Gasteiger charge is 2.15. The molecule has 0 aliphatic rings. The van der Waals surface area contributed by atoms with Crippen molar-refractivity contribution >= 4 is 37.5 Å². The van der Waals surface area contributed by atoms with Gasteiger partial charge in [-0.25, -0.2) is 0 Å². The van der Waals surface area contributed by atoms with Crippen LogP contribution in [-0.4, -0.2) is 12.6 Å². The second-order valence-corrected chi connectivity index (χ2v) is 4.76. The van der Waals surface area contributed by atoms with Crippen molar-refractivity contribution < 1.29 is 4.74 Å². The van der Waals surface area contributed by atoms with Crippen molar-refractivity contribution in [3.63, 3.8) is 0 Å². The highest BCUT2D eigenvalue weighted by Crippen LogP contribution is 2.39.